The summed E-state index contributed by atoms with van der Waals surface area (Å²) in [6.07, 6.45) is 6.53. The number of hydrogen-bond acceptors (Lipinski definition) is 2. The van der Waals surface area contributed by atoms with Crippen molar-refractivity contribution in [2.24, 2.45) is 0 Å². The molecule has 9 rings (SSSR count). The van der Waals surface area contributed by atoms with Crippen LogP contribution in [0.3, 0.4) is 0 Å². The summed E-state index contributed by atoms with van der Waals surface area (Å²) in [6.45, 7) is 0. The van der Waals surface area contributed by atoms with Crippen molar-refractivity contribution in [1.82, 2.24) is 0 Å². The number of hydrogen-bond donors (Lipinski definition) is 0. The summed E-state index contributed by atoms with van der Waals surface area (Å²) in [5.41, 5.74) is 13.9. The second-order valence-electron chi connectivity index (χ2n) is 13.6. The van der Waals surface area contributed by atoms with Gasteiger partial charge in [-0.1, -0.05) is 141 Å². The Morgan fingerprint density at radius 2 is 1.02 bits per heavy atom. The van der Waals surface area contributed by atoms with Gasteiger partial charge in [0.1, 0.15) is 11.2 Å². The molecule has 242 valence electrons. The van der Waals surface area contributed by atoms with E-state index in [9.17, 15) is 0 Å². The van der Waals surface area contributed by atoms with Gasteiger partial charge in [0.2, 0.25) is 0 Å². The van der Waals surface area contributed by atoms with Gasteiger partial charge < -0.3 is 9.32 Å². The molecule has 1 aromatic heterocycles. The molecule has 1 aliphatic rings. The van der Waals surface area contributed by atoms with Gasteiger partial charge in [0.25, 0.3) is 0 Å². The lowest BCUT2D eigenvalue weighted by Crippen LogP contribution is -2.11. The van der Waals surface area contributed by atoms with Crippen LogP contribution in [-0.4, -0.2) is 0 Å². The lowest BCUT2D eigenvalue weighted by molar-refractivity contribution is 0.443. The van der Waals surface area contributed by atoms with E-state index in [-0.39, 0.29) is 0 Å². The number of furan rings is 1. The van der Waals surface area contributed by atoms with E-state index in [0.29, 0.717) is 5.92 Å². The summed E-state index contributed by atoms with van der Waals surface area (Å²) in [5, 5.41) is 2.29. The highest BCUT2D eigenvalue weighted by Crippen LogP contribution is 2.44. The van der Waals surface area contributed by atoms with Crippen molar-refractivity contribution in [3.8, 4) is 33.4 Å². The van der Waals surface area contributed by atoms with Crippen molar-refractivity contribution in [2.75, 3.05) is 4.90 Å². The zero-order valence-corrected chi connectivity index (χ0v) is 28.1. The zero-order valence-electron chi connectivity index (χ0n) is 28.1. The largest absolute Gasteiger partial charge is 0.456 e. The molecule has 0 N–H and O–H groups in total. The van der Waals surface area contributed by atoms with Gasteiger partial charge in [-0.25, -0.2) is 0 Å². The molecule has 1 fully saturated rings. The van der Waals surface area contributed by atoms with E-state index in [1.807, 2.05) is 6.07 Å². The molecule has 0 spiro atoms. The standard InChI is InChI=1S/C48H39NO/c1-4-14-34(15-5-1)38-20-12-21-40(32-38)49(41-30-31-45-44-22-10-11-25-46(44)50-47(45)33-41)39-28-26-37(27-29-39)48-42(35-16-6-2-7-17-35)23-13-24-43(48)36-18-8-3-9-19-36/h2-3,6-13,16-34H,1,4-5,14-15H2. The maximum atomic E-state index is 6.39. The fourth-order valence-corrected chi connectivity index (χ4v) is 8.01. The molecule has 8 aromatic rings. The number of para-hydroxylation sites is 1. The molecule has 1 saturated carbocycles. The minimum Gasteiger partial charge on any atom is -0.456 e. The van der Waals surface area contributed by atoms with Gasteiger partial charge in [0.15, 0.2) is 0 Å². The van der Waals surface area contributed by atoms with Crippen molar-refractivity contribution in [3.63, 3.8) is 0 Å². The summed E-state index contributed by atoms with van der Waals surface area (Å²) >= 11 is 0. The molecule has 0 unspecified atom stereocenters. The predicted octanol–water partition coefficient (Wildman–Crippen LogP) is 14.1. The molecule has 2 nitrogen and oxygen atoms in total. The van der Waals surface area contributed by atoms with Gasteiger partial charge in [0, 0.05) is 33.9 Å². The molecule has 0 saturated heterocycles. The highest BCUT2D eigenvalue weighted by molar-refractivity contribution is 6.06. The van der Waals surface area contributed by atoms with Crippen LogP contribution in [0, 0.1) is 0 Å². The predicted molar refractivity (Wildman–Crippen MR) is 211 cm³/mol. The quantitative estimate of drug-likeness (QED) is 0.171. The Bertz CT molecular complexity index is 2340. The zero-order chi connectivity index (χ0) is 33.3. The molecule has 2 heteroatoms. The molecule has 0 atom stereocenters. The van der Waals surface area contributed by atoms with E-state index >= 15 is 0 Å². The monoisotopic (exact) mass is 645 g/mol. The van der Waals surface area contributed by atoms with Crippen molar-refractivity contribution in [2.45, 2.75) is 38.0 Å². The van der Waals surface area contributed by atoms with E-state index in [2.05, 4.69) is 169 Å². The van der Waals surface area contributed by atoms with E-state index < -0.39 is 0 Å². The molecular formula is C48H39NO. The van der Waals surface area contributed by atoms with Gasteiger partial charge in [-0.05, 0) is 100 Å². The topological polar surface area (TPSA) is 16.4 Å². The average molecular weight is 646 g/mol. The number of fused-ring (bicyclic) bond motifs is 3. The average Bonchev–Trinajstić information content (AvgIpc) is 3.57. The highest BCUT2D eigenvalue weighted by Gasteiger charge is 2.21. The second-order valence-corrected chi connectivity index (χ2v) is 13.6. The summed E-state index contributed by atoms with van der Waals surface area (Å²) in [7, 11) is 0. The summed E-state index contributed by atoms with van der Waals surface area (Å²) in [5.74, 6) is 0.622. The fraction of sp³-hybridized carbons (Fsp3) is 0.125. The van der Waals surface area contributed by atoms with Crippen molar-refractivity contribution in [1.29, 1.82) is 0 Å². The number of rotatable bonds is 7. The number of anilines is 3. The van der Waals surface area contributed by atoms with Gasteiger partial charge in [0.05, 0.1) is 0 Å². The van der Waals surface area contributed by atoms with Gasteiger partial charge in [-0.2, -0.15) is 0 Å². The Balaban J connectivity index is 1.19. The Kier molecular flexibility index (Phi) is 7.99. The van der Waals surface area contributed by atoms with Crippen LogP contribution in [0.1, 0.15) is 43.6 Å². The van der Waals surface area contributed by atoms with Crippen LogP contribution in [0.4, 0.5) is 17.1 Å². The highest BCUT2D eigenvalue weighted by atomic mass is 16.3. The Morgan fingerprint density at radius 3 is 1.74 bits per heavy atom. The first kappa shape index (κ1) is 30.2. The summed E-state index contributed by atoms with van der Waals surface area (Å²) < 4.78 is 6.39. The van der Waals surface area contributed by atoms with Gasteiger partial charge in [-0.15, -0.1) is 0 Å². The van der Waals surface area contributed by atoms with E-state index in [1.165, 1.54) is 76.7 Å². The molecule has 0 bridgehead atoms. The SMILES string of the molecule is c1ccc(-c2cccc(-c3ccccc3)c2-c2ccc(N(c3cccc(C4CCCCC4)c3)c3ccc4c(c3)oc3ccccc34)cc2)cc1. The van der Waals surface area contributed by atoms with Crippen molar-refractivity contribution >= 4 is 39.0 Å². The molecular weight excluding hydrogens is 607 g/mol. The van der Waals surface area contributed by atoms with Crippen molar-refractivity contribution in [3.05, 3.63) is 175 Å². The minimum atomic E-state index is 0.622. The lowest BCUT2D eigenvalue weighted by Gasteiger charge is -2.28. The molecule has 1 heterocycles. The third-order valence-corrected chi connectivity index (χ3v) is 10.5. The van der Waals surface area contributed by atoms with Crippen LogP contribution in [0.2, 0.25) is 0 Å². The first-order valence-corrected chi connectivity index (χ1v) is 18.0. The number of nitrogens with zero attached hydrogens (tertiary/aromatic N) is 1. The van der Waals surface area contributed by atoms with E-state index in [1.54, 1.807) is 0 Å². The maximum absolute atomic E-state index is 6.39. The van der Waals surface area contributed by atoms with E-state index in [4.69, 9.17) is 4.42 Å². The van der Waals surface area contributed by atoms with Crippen LogP contribution in [-0.2, 0) is 0 Å². The van der Waals surface area contributed by atoms with Crippen LogP contribution in [0.25, 0.3) is 55.3 Å². The van der Waals surface area contributed by atoms with Crippen LogP contribution >= 0.6 is 0 Å². The fourth-order valence-electron chi connectivity index (χ4n) is 8.01. The molecule has 1 aliphatic carbocycles. The third kappa shape index (κ3) is 5.67. The third-order valence-electron chi connectivity index (χ3n) is 10.5. The lowest BCUT2D eigenvalue weighted by atomic mass is 9.84. The Morgan fingerprint density at radius 1 is 0.420 bits per heavy atom. The minimum absolute atomic E-state index is 0.622. The van der Waals surface area contributed by atoms with E-state index in [0.717, 1.165) is 33.3 Å². The smallest absolute Gasteiger partial charge is 0.137 e. The van der Waals surface area contributed by atoms with Crippen LogP contribution in [0.5, 0.6) is 0 Å². The first-order chi connectivity index (χ1) is 24.8. The first-order valence-electron chi connectivity index (χ1n) is 18.0. The van der Waals surface area contributed by atoms with Crippen LogP contribution in [0.15, 0.2) is 174 Å². The van der Waals surface area contributed by atoms with Gasteiger partial charge in [-0.3, -0.25) is 0 Å². The Labute approximate surface area is 294 Å². The van der Waals surface area contributed by atoms with Gasteiger partial charge >= 0.3 is 0 Å². The summed E-state index contributed by atoms with van der Waals surface area (Å²) in [6, 6.07) is 61.5. The second kappa shape index (κ2) is 13.2. The molecule has 0 aliphatic heterocycles. The molecule has 0 amide bonds. The van der Waals surface area contributed by atoms with Crippen LogP contribution < -0.4 is 4.90 Å². The summed E-state index contributed by atoms with van der Waals surface area (Å²) in [4.78, 5) is 2.39. The molecule has 0 radical (unpaired) electrons. The van der Waals surface area contributed by atoms with Crippen molar-refractivity contribution < 1.29 is 4.42 Å². The number of benzene rings is 7. The molecule has 7 aromatic carbocycles. The Hall–Kier alpha value is -5.86. The normalized spacial score (nSPS) is 13.5. The maximum Gasteiger partial charge on any atom is 0.137 e. The molecule has 50 heavy (non-hydrogen) atoms.